The van der Waals surface area contributed by atoms with Crippen molar-refractivity contribution in [2.45, 2.75) is 6.18 Å². The average molecular weight is 545 g/mol. The molecule has 0 bridgehead atoms. The molecule has 0 aliphatic rings. The van der Waals surface area contributed by atoms with Gasteiger partial charge in [0.2, 0.25) is 17.0 Å². The number of rotatable bonds is 4. The van der Waals surface area contributed by atoms with Crippen molar-refractivity contribution in [2.24, 2.45) is 0 Å². The zero-order valence-electron chi connectivity index (χ0n) is 16.9. The molecule has 0 aliphatic heterocycles. The van der Waals surface area contributed by atoms with Crippen LogP contribution in [0.1, 0.15) is 5.56 Å². The van der Waals surface area contributed by atoms with E-state index in [-0.39, 0.29) is 26.6 Å². The molecule has 2 aromatic heterocycles. The Balaban J connectivity index is 2.01. The number of benzene rings is 2. The monoisotopic (exact) mass is 544 g/mol. The molecule has 12 heteroatoms. The molecule has 2 heterocycles. The minimum Gasteiger partial charge on any atom is -0.490 e. The van der Waals surface area contributed by atoms with Crippen molar-refractivity contribution in [3.63, 3.8) is 0 Å². The summed E-state index contributed by atoms with van der Waals surface area (Å²) in [5.41, 5.74) is -2.41. The maximum absolute atomic E-state index is 14.5. The molecule has 2 aromatic carbocycles. The van der Waals surface area contributed by atoms with Gasteiger partial charge in [0.15, 0.2) is 11.6 Å². The molecule has 0 radical (unpaired) electrons. The highest BCUT2D eigenvalue weighted by atomic mass is 79.9. The van der Waals surface area contributed by atoms with Crippen molar-refractivity contribution in [1.29, 1.82) is 0 Å². The normalized spacial score (nSPS) is 11.6. The number of ether oxygens (including phenoxy) is 2. The van der Waals surface area contributed by atoms with E-state index in [0.717, 1.165) is 13.2 Å². The van der Waals surface area contributed by atoms with Crippen molar-refractivity contribution in [2.75, 3.05) is 7.11 Å². The number of alkyl halides is 3. The first kappa shape index (κ1) is 23.6. The fourth-order valence-corrected chi connectivity index (χ4v) is 3.77. The Kier molecular flexibility index (Phi) is 6.02. The van der Waals surface area contributed by atoms with E-state index in [1.165, 1.54) is 18.5 Å². The number of halogens is 7. The highest BCUT2D eigenvalue weighted by Gasteiger charge is 2.36. The van der Waals surface area contributed by atoms with Crippen LogP contribution in [0.15, 0.2) is 52.0 Å². The lowest BCUT2D eigenvalue weighted by Crippen LogP contribution is -2.11. The summed E-state index contributed by atoms with van der Waals surface area (Å²) >= 11 is 3.08. The second kappa shape index (κ2) is 8.67. The Morgan fingerprint density at radius 2 is 1.76 bits per heavy atom. The van der Waals surface area contributed by atoms with Crippen LogP contribution in [0, 0.1) is 17.5 Å². The molecule has 1 N–H and O–H groups in total. The van der Waals surface area contributed by atoms with Gasteiger partial charge >= 0.3 is 6.18 Å². The molecule has 0 saturated heterocycles. The largest absolute Gasteiger partial charge is 0.490 e. The Hall–Kier alpha value is -3.54. The van der Waals surface area contributed by atoms with Gasteiger partial charge in [-0.3, -0.25) is 9.78 Å². The maximum Gasteiger partial charge on any atom is 0.419 e. The predicted octanol–water partition coefficient (Wildman–Crippen LogP) is 6.59. The number of hydrogen-bond acceptors (Lipinski definition) is 4. The summed E-state index contributed by atoms with van der Waals surface area (Å²) in [6, 6.07) is 3.93. The van der Waals surface area contributed by atoms with Crippen LogP contribution in [0.25, 0.3) is 22.2 Å². The summed E-state index contributed by atoms with van der Waals surface area (Å²) in [6.07, 6.45) is -2.45. The number of aromatic nitrogens is 2. The van der Waals surface area contributed by atoms with Gasteiger partial charge < -0.3 is 14.5 Å². The van der Waals surface area contributed by atoms with Crippen LogP contribution in [0.3, 0.4) is 0 Å². The van der Waals surface area contributed by atoms with Gasteiger partial charge in [0.05, 0.1) is 33.7 Å². The van der Waals surface area contributed by atoms with Crippen LogP contribution >= 0.6 is 15.9 Å². The summed E-state index contributed by atoms with van der Waals surface area (Å²) in [6.45, 7) is 0. The molecule has 4 aromatic rings. The van der Waals surface area contributed by atoms with Gasteiger partial charge in [-0.15, -0.1) is 0 Å². The second-order valence-electron chi connectivity index (χ2n) is 6.89. The number of methoxy groups -OCH3 is 1. The van der Waals surface area contributed by atoms with Gasteiger partial charge in [-0.1, -0.05) is 0 Å². The Bertz CT molecular complexity index is 1490. The zero-order valence-corrected chi connectivity index (χ0v) is 18.4. The van der Waals surface area contributed by atoms with E-state index in [1.54, 1.807) is 0 Å². The average Bonchev–Trinajstić information content (AvgIpc) is 2.79. The summed E-state index contributed by atoms with van der Waals surface area (Å²) in [4.78, 5) is 19.4. The molecule has 4 rings (SSSR count). The zero-order chi connectivity index (χ0) is 24.8. The number of fused-ring (bicyclic) bond motifs is 1. The second-order valence-corrected chi connectivity index (χ2v) is 7.68. The number of hydrogen-bond donors (Lipinski definition) is 1. The molecule has 0 spiro atoms. The number of aromatic amines is 1. The standard InChI is InChI=1S/C22H11BrF6N2O3/c1-33-21-15(3-2-12(24)18(21)26)34-16-7-11(22(27,28)29)13(25)6-9(16)19-17(23)20(32)10-8-30-5-4-14(10)31-19/h2-8H,1H3,(H,31,32). The Morgan fingerprint density at radius 1 is 1.03 bits per heavy atom. The molecule has 0 saturated carbocycles. The van der Waals surface area contributed by atoms with Gasteiger partial charge in [0.25, 0.3) is 0 Å². The SMILES string of the molecule is COc1c(Oc2cc(C(F)(F)F)c(F)cc2-c2[nH]c3ccncc3c(=O)c2Br)ccc(F)c1F. The van der Waals surface area contributed by atoms with Crippen LogP contribution in [0.2, 0.25) is 0 Å². The lowest BCUT2D eigenvalue weighted by atomic mass is 10.0. The highest BCUT2D eigenvalue weighted by molar-refractivity contribution is 9.10. The lowest BCUT2D eigenvalue weighted by Gasteiger charge is -2.18. The molecule has 0 fully saturated rings. The Labute approximate surface area is 195 Å². The number of pyridine rings is 2. The summed E-state index contributed by atoms with van der Waals surface area (Å²) < 4.78 is 92.6. The first-order valence-corrected chi connectivity index (χ1v) is 10.1. The van der Waals surface area contributed by atoms with Crippen molar-refractivity contribution in [1.82, 2.24) is 9.97 Å². The van der Waals surface area contributed by atoms with E-state index in [2.05, 4.69) is 25.9 Å². The number of nitrogens with zero attached hydrogens (tertiary/aromatic N) is 1. The van der Waals surface area contributed by atoms with E-state index in [9.17, 15) is 31.1 Å². The first-order valence-electron chi connectivity index (χ1n) is 9.29. The molecule has 0 aliphatic carbocycles. The number of nitrogens with one attached hydrogen (secondary N) is 1. The maximum atomic E-state index is 14.5. The highest BCUT2D eigenvalue weighted by Crippen LogP contribution is 2.44. The first-order chi connectivity index (χ1) is 16.0. The van der Waals surface area contributed by atoms with E-state index >= 15 is 0 Å². The van der Waals surface area contributed by atoms with Gasteiger partial charge in [-0.2, -0.15) is 17.6 Å². The van der Waals surface area contributed by atoms with Gasteiger partial charge in [0.1, 0.15) is 11.6 Å². The summed E-state index contributed by atoms with van der Waals surface area (Å²) in [5.74, 6) is -6.17. The fourth-order valence-electron chi connectivity index (χ4n) is 3.25. The van der Waals surface area contributed by atoms with Crippen molar-refractivity contribution in [3.8, 4) is 28.5 Å². The van der Waals surface area contributed by atoms with Gasteiger partial charge in [0, 0.05) is 18.0 Å². The molecule has 176 valence electrons. The van der Waals surface area contributed by atoms with Crippen molar-refractivity contribution >= 4 is 26.8 Å². The molecule has 0 amide bonds. The van der Waals surface area contributed by atoms with E-state index in [0.29, 0.717) is 18.2 Å². The summed E-state index contributed by atoms with van der Waals surface area (Å²) in [5, 5.41) is 0.162. The molecule has 0 unspecified atom stereocenters. The van der Waals surface area contributed by atoms with Gasteiger partial charge in [-0.25, -0.2) is 8.78 Å². The third-order valence-corrected chi connectivity index (χ3v) is 5.58. The Morgan fingerprint density at radius 3 is 2.44 bits per heavy atom. The quantitative estimate of drug-likeness (QED) is 0.294. The summed E-state index contributed by atoms with van der Waals surface area (Å²) in [7, 11) is 1.00. The number of H-pyrrole nitrogens is 1. The topological polar surface area (TPSA) is 64.2 Å². The minimum atomic E-state index is -5.10. The smallest absolute Gasteiger partial charge is 0.419 e. The van der Waals surface area contributed by atoms with Crippen LogP contribution in [-0.2, 0) is 6.18 Å². The van der Waals surface area contributed by atoms with Gasteiger partial charge in [-0.05, 0) is 46.3 Å². The third-order valence-electron chi connectivity index (χ3n) is 4.83. The predicted molar refractivity (Wildman–Crippen MR) is 113 cm³/mol. The molecular weight excluding hydrogens is 534 g/mol. The van der Waals surface area contributed by atoms with Crippen LogP contribution in [0.4, 0.5) is 26.3 Å². The molecule has 34 heavy (non-hydrogen) atoms. The lowest BCUT2D eigenvalue weighted by molar-refractivity contribution is -0.140. The molecule has 5 nitrogen and oxygen atoms in total. The fraction of sp³-hybridized carbons (Fsp3) is 0.0909. The minimum absolute atomic E-state index is 0.118. The van der Waals surface area contributed by atoms with Crippen LogP contribution < -0.4 is 14.9 Å². The molecular formula is C22H11BrF6N2O3. The van der Waals surface area contributed by atoms with E-state index in [4.69, 9.17) is 9.47 Å². The van der Waals surface area contributed by atoms with Crippen molar-refractivity contribution in [3.05, 3.63) is 80.4 Å². The molecule has 0 atom stereocenters. The van der Waals surface area contributed by atoms with Crippen LogP contribution in [-0.4, -0.2) is 17.1 Å². The van der Waals surface area contributed by atoms with Crippen molar-refractivity contribution < 1.29 is 35.8 Å². The third kappa shape index (κ3) is 4.09. The van der Waals surface area contributed by atoms with E-state index < -0.39 is 51.9 Å². The van der Waals surface area contributed by atoms with Crippen LogP contribution in [0.5, 0.6) is 17.2 Å². The van der Waals surface area contributed by atoms with E-state index in [1.807, 2.05) is 0 Å².